The first-order valence-corrected chi connectivity index (χ1v) is 4.58. The molecule has 1 aliphatic carbocycles. The number of aliphatic imine (C=N–C) groups is 1. The van der Waals surface area contributed by atoms with Crippen LogP contribution in [0, 0.1) is 0 Å². The molecule has 1 aliphatic rings. The van der Waals surface area contributed by atoms with E-state index >= 15 is 0 Å². The molecule has 3 heteroatoms. The van der Waals surface area contributed by atoms with Gasteiger partial charge in [-0.05, 0) is 19.8 Å². The number of rotatable bonds is 2. The lowest BCUT2D eigenvalue weighted by atomic mass is 9.86. The fourth-order valence-electron chi connectivity index (χ4n) is 1.61. The molecule has 1 fully saturated rings. The molecule has 0 bridgehead atoms. The first kappa shape index (κ1) is 9.49. The monoisotopic (exact) mass is 172 g/mol. The van der Waals surface area contributed by atoms with E-state index in [-0.39, 0.29) is 6.54 Å². The van der Waals surface area contributed by atoms with Crippen LogP contribution in [-0.4, -0.2) is 18.0 Å². The first-order valence-electron chi connectivity index (χ1n) is 4.58. The number of alkyl halides is 1. The van der Waals surface area contributed by atoms with Crippen LogP contribution in [0.5, 0.6) is 0 Å². The zero-order valence-corrected chi connectivity index (χ0v) is 7.65. The summed E-state index contributed by atoms with van der Waals surface area (Å²) in [4.78, 5) is 3.94. The topological polar surface area (TPSA) is 38.4 Å². The highest BCUT2D eigenvalue weighted by atomic mass is 19.1. The lowest BCUT2D eigenvalue weighted by Crippen LogP contribution is -2.30. The van der Waals surface area contributed by atoms with Crippen molar-refractivity contribution in [3.8, 4) is 0 Å². The Hall–Kier alpha value is -0.600. The van der Waals surface area contributed by atoms with Crippen molar-refractivity contribution in [3.05, 3.63) is 0 Å². The Morgan fingerprint density at radius 3 is 2.50 bits per heavy atom. The molecule has 0 aromatic heterocycles. The third-order valence-corrected chi connectivity index (χ3v) is 2.36. The molecule has 0 aromatic carbocycles. The summed E-state index contributed by atoms with van der Waals surface area (Å²) in [6, 6.07) is 0. The summed E-state index contributed by atoms with van der Waals surface area (Å²) >= 11 is 0. The van der Waals surface area contributed by atoms with E-state index < -0.39 is 5.67 Å². The van der Waals surface area contributed by atoms with Crippen molar-refractivity contribution >= 4 is 5.84 Å². The number of halogens is 1. The van der Waals surface area contributed by atoms with Crippen LogP contribution in [0.3, 0.4) is 0 Å². The van der Waals surface area contributed by atoms with Gasteiger partial charge in [-0.25, -0.2) is 4.39 Å². The Balaban J connectivity index is 2.41. The van der Waals surface area contributed by atoms with E-state index in [0.717, 1.165) is 19.3 Å². The van der Waals surface area contributed by atoms with E-state index in [4.69, 9.17) is 5.73 Å². The molecule has 1 rings (SSSR count). The molecule has 12 heavy (non-hydrogen) atoms. The highest BCUT2D eigenvalue weighted by molar-refractivity contribution is 5.77. The standard InChI is InChI=1S/C9H17FN2/c1-8(11)12-7-9(10)5-3-2-4-6-9/h2-7H2,1H3,(H2,11,12). The lowest BCUT2D eigenvalue weighted by Gasteiger charge is -2.27. The molecule has 2 N–H and O–H groups in total. The highest BCUT2D eigenvalue weighted by Gasteiger charge is 2.30. The van der Waals surface area contributed by atoms with E-state index in [0.29, 0.717) is 18.7 Å². The summed E-state index contributed by atoms with van der Waals surface area (Å²) in [6.07, 6.45) is 4.47. The number of nitrogens with zero attached hydrogens (tertiary/aromatic N) is 1. The zero-order valence-electron chi connectivity index (χ0n) is 7.65. The van der Waals surface area contributed by atoms with Crippen molar-refractivity contribution in [3.63, 3.8) is 0 Å². The predicted molar refractivity (Wildman–Crippen MR) is 49.1 cm³/mol. The Kier molecular flexibility index (Phi) is 3.06. The highest BCUT2D eigenvalue weighted by Crippen LogP contribution is 2.31. The van der Waals surface area contributed by atoms with Gasteiger partial charge in [0.25, 0.3) is 0 Å². The lowest BCUT2D eigenvalue weighted by molar-refractivity contribution is 0.117. The molecular formula is C9H17FN2. The number of hydrogen-bond donors (Lipinski definition) is 1. The van der Waals surface area contributed by atoms with Crippen molar-refractivity contribution in [2.75, 3.05) is 6.54 Å². The summed E-state index contributed by atoms with van der Waals surface area (Å²) in [5, 5.41) is 0. The Morgan fingerprint density at radius 2 is 2.00 bits per heavy atom. The molecule has 0 amide bonds. The van der Waals surface area contributed by atoms with Crippen molar-refractivity contribution in [1.29, 1.82) is 0 Å². The van der Waals surface area contributed by atoms with Gasteiger partial charge in [-0.2, -0.15) is 0 Å². The molecule has 0 spiro atoms. The normalized spacial score (nSPS) is 24.0. The van der Waals surface area contributed by atoms with Crippen LogP contribution in [0.2, 0.25) is 0 Å². The molecule has 0 atom stereocenters. The van der Waals surface area contributed by atoms with Gasteiger partial charge >= 0.3 is 0 Å². The second-order valence-corrected chi connectivity index (χ2v) is 3.67. The largest absolute Gasteiger partial charge is 0.388 e. The van der Waals surface area contributed by atoms with Crippen LogP contribution in [0.4, 0.5) is 4.39 Å². The van der Waals surface area contributed by atoms with Gasteiger partial charge in [-0.3, -0.25) is 4.99 Å². The maximum Gasteiger partial charge on any atom is 0.130 e. The van der Waals surface area contributed by atoms with Crippen LogP contribution >= 0.6 is 0 Å². The van der Waals surface area contributed by atoms with Crippen molar-refractivity contribution < 1.29 is 4.39 Å². The molecule has 1 saturated carbocycles. The van der Waals surface area contributed by atoms with E-state index in [1.807, 2.05) is 0 Å². The summed E-state index contributed by atoms with van der Waals surface area (Å²) < 4.78 is 13.8. The average molecular weight is 172 g/mol. The Labute approximate surface area is 73.1 Å². The maximum absolute atomic E-state index is 13.8. The van der Waals surface area contributed by atoms with E-state index in [1.54, 1.807) is 6.92 Å². The minimum Gasteiger partial charge on any atom is -0.388 e. The maximum atomic E-state index is 13.8. The van der Waals surface area contributed by atoms with Crippen LogP contribution in [0.15, 0.2) is 4.99 Å². The van der Waals surface area contributed by atoms with Gasteiger partial charge in [-0.1, -0.05) is 19.3 Å². The quantitative estimate of drug-likeness (QED) is 0.502. The second kappa shape index (κ2) is 3.87. The summed E-state index contributed by atoms with van der Waals surface area (Å²) in [7, 11) is 0. The van der Waals surface area contributed by atoms with Crippen LogP contribution < -0.4 is 5.73 Å². The van der Waals surface area contributed by atoms with Gasteiger partial charge < -0.3 is 5.73 Å². The smallest absolute Gasteiger partial charge is 0.130 e. The van der Waals surface area contributed by atoms with Crippen LogP contribution in [0.25, 0.3) is 0 Å². The second-order valence-electron chi connectivity index (χ2n) is 3.67. The van der Waals surface area contributed by atoms with Gasteiger partial charge in [0.05, 0.1) is 12.4 Å². The van der Waals surface area contributed by atoms with E-state index in [9.17, 15) is 4.39 Å². The molecule has 0 radical (unpaired) electrons. The molecular weight excluding hydrogens is 155 g/mol. The zero-order chi connectivity index (χ0) is 9.03. The van der Waals surface area contributed by atoms with Crippen molar-refractivity contribution in [1.82, 2.24) is 0 Å². The SMILES string of the molecule is CC(N)=NCC1(F)CCCCC1. The first-order chi connectivity index (χ1) is 5.62. The summed E-state index contributed by atoms with van der Waals surface area (Å²) in [6.45, 7) is 1.96. The van der Waals surface area contributed by atoms with Gasteiger partial charge in [0.1, 0.15) is 5.67 Å². The molecule has 0 aromatic rings. The van der Waals surface area contributed by atoms with Crippen molar-refractivity contribution in [2.45, 2.75) is 44.7 Å². The van der Waals surface area contributed by atoms with Gasteiger partial charge in [-0.15, -0.1) is 0 Å². The minimum atomic E-state index is -1.06. The van der Waals surface area contributed by atoms with Crippen molar-refractivity contribution in [2.24, 2.45) is 10.7 Å². The average Bonchev–Trinajstić information content (AvgIpc) is 2.03. The molecule has 0 heterocycles. The number of nitrogens with two attached hydrogens (primary N) is 1. The fraction of sp³-hybridized carbons (Fsp3) is 0.889. The predicted octanol–water partition coefficient (Wildman–Crippen LogP) is 2.04. The van der Waals surface area contributed by atoms with Crippen LogP contribution in [0.1, 0.15) is 39.0 Å². The summed E-state index contributed by atoms with van der Waals surface area (Å²) in [5.74, 6) is 0.484. The van der Waals surface area contributed by atoms with E-state index in [1.165, 1.54) is 0 Å². The van der Waals surface area contributed by atoms with Gasteiger partial charge in [0.15, 0.2) is 0 Å². The molecule has 70 valence electrons. The Bertz CT molecular complexity index is 167. The molecule has 0 unspecified atom stereocenters. The molecule has 0 saturated heterocycles. The third kappa shape index (κ3) is 2.80. The molecule has 2 nitrogen and oxygen atoms in total. The van der Waals surface area contributed by atoms with Gasteiger partial charge in [0.2, 0.25) is 0 Å². The minimum absolute atomic E-state index is 0.259. The fourth-order valence-corrected chi connectivity index (χ4v) is 1.61. The van der Waals surface area contributed by atoms with Crippen LogP contribution in [-0.2, 0) is 0 Å². The van der Waals surface area contributed by atoms with E-state index in [2.05, 4.69) is 4.99 Å². The number of amidine groups is 1. The summed E-state index contributed by atoms with van der Waals surface area (Å²) in [5.41, 5.74) is 4.30. The Morgan fingerprint density at radius 1 is 1.42 bits per heavy atom. The third-order valence-electron chi connectivity index (χ3n) is 2.36. The molecule has 0 aliphatic heterocycles. The number of hydrogen-bond acceptors (Lipinski definition) is 1. The van der Waals surface area contributed by atoms with Gasteiger partial charge in [0, 0.05) is 0 Å².